The molecular formula is C8HB13. The summed E-state index contributed by atoms with van der Waals surface area (Å²) in [4.78, 5) is 0. The second-order valence-electron chi connectivity index (χ2n) is 6.49. The van der Waals surface area contributed by atoms with E-state index in [0.29, 0.717) is 0 Å². The lowest BCUT2D eigenvalue weighted by molar-refractivity contribution is 0.0367. The van der Waals surface area contributed by atoms with Crippen molar-refractivity contribution in [3.8, 4) is 0 Å². The van der Waals surface area contributed by atoms with Crippen LogP contribution in [0.3, 0.4) is 0 Å². The van der Waals surface area contributed by atoms with E-state index in [2.05, 4.69) is 0 Å². The van der Waals surface area contributed by atoms with Gasteiger partial charge in [-0.1, -0.05) is 15.9 Å². The number of hydrogen-bond donors (Lipinski definition) is 0. The monoisotopic (exact) mass is 240 g/mol. The first-order chi connectivity index (χ1) is 8.94. The van der Waals surface area contributed by atoms with Crippen molar-refractivity contribution in [2.75, 3.05) is 0 Å². The molecule has 2 bridgehead atoms. The van der Waals surface area contributed by atoms with E-state index in [9.17, 15) is 0 Å². The van der Waals surface area contributed by atoms with Crippen LogP contribution in [0, 0.1) is 0 Å². The van der Waals surface area contributed by atoms with Gasteiger partial charge < -0.3 is 0 Å². The Morgan fingerprint density at radius 3 is 0.857 bits per heavy atom. The van der Waals surface area contributed by atoms with Crippen LogP contribution in [0.25, 0.3) is 0 Å². The molecular weight excluding hydrogens is 237 g/mol. The number of rotatable bonds is 1. The Balaban J connectivity index is 2.93. The molecule has 3 rings (SSSR count). The van der Waals surface area contributed by atoms with E-state index >= 15 is 0 Å². The van der Waals surface area contributed by atoms with Crippen LogP contribution in [0.15, 0.2) is 0 Å². The van der Waals surface area contributed by atoms with E-state index in [4.69, 9.17) is 102 Å². The van der Waals surface area contributed by atoms with Crippen molar-refractivity contribution in [2.24, 2.45) is 0 Å². The van der Waals surface area contributed by atoms with Gasteiger partial charge in [0.15, 0.2) is 0 Å². The zero-order chi connectivity index (χ0) is 17.1. The lowest BCUT2D eigenvalue weighted by Gasteiger charge is -2.99. The van der Waals surface area contributed by atoms with Crippen molar-refractivity contribution >= 4 is 102 Å². The molecule has 0 aliphatic heterocycles. The van der Waals surface area contributed by atoms with Crippen LogP contribution in [0.5, 0.6) is 0 Å². The van der Waals surface area contributed by atoms with Crippen molar-refractivity contribution < 1.29 is 0 Å². The first-order valence-electron chi connectivity index (χ1n) is 6.13. The van der Waals surface area contributed by atoms with Gasteiger partial charge in [0.05, 0.1) is 102 Å². The van der Waals surface area contributed by atoms with Gasteiger partial charge in [0.2, 0.25) is 0 Å². The molecule has 72 valence electrons. The minimum absolute atomic E-state index is 1.42. The molecule has 0 N–H and O–H groups in total. The predicted octanol–water partition coefficient (Wildman–Crippen LogP) is -3.11. The van der Waals surface area contributed by atoms with E-state index in [1.807, 2.05) is 0 Å². The molecule has 0 aromatic rings. The standard InChI is InChI=1S/C8HB13/c9-1(10)2(11)5(14,15)3(12)7(18,19)4(13,6(2,16)17)8(3,20)21/h1H. The molecule has 0 spiro atoms. The molecule has 0 aromatic heterocycles. The van der Waals surface area contributed by atoms with E-state index in [-0.39, 0.29) is 0 Å². The van der Waals surface area contributed by atoms with E-state index in [1.54, 1.807) is 0 Å². The summed E-state index contributed by atoms with van der Waals surface area (Å²) in [7, 11) is 78.2. The highest BCUT2D eigenvalue weighted by molar-refractivity contribution is 6.73. The molecule has 0 nitrogen and oxygen atoms in total. The quantitative estimate of drug-likeness (QED) is 0.424. The fourth-order valence-corrected chi connectivity index (χ4v) is 4.16. The molecule has 26 radical (unpaired) electrons. The minimum atomic E-state index is -2.23. The molecule has 0 unspecified atom stereocenters. The van der Waals surface area contributed by atoms with Crippen molar-refractivity contribution in [1.29, 1.82) is 0 Å². The summed E-state index contributed by atoms with van der Waals surface area (Å²) in [6.07, 6.45) is 0. The van der Waals surface area contributed by atoms with Gasteiger partial charge in [-0.3, -0.25) is 0 Å². The topological polar surface area (TPSA) is 0 Å². The molecule has 0 saturated heterocycles. The summed E-state index contributed by atoms with van der Waals surface area (Å²) >= 11 is 0. The van der Waals surface area contributed by atoms with E-state index in [0.717, 1.165) is 0 Å². The predicted molar refractivity (Wildman–Crippen MR) is 97.4 cm³/mol. The summed E-state index contributed by atoms with van der Waals surface area (Å²) in [5.41, 5.74) is -1.42. The molecule has 3 aliphatic rings. The van der Waals surface area contributed by atoms with Gasteiger partial charge in [0.25, 0.3) is 0 Å². The van der Waals surface area contributed by atoms with Crippen molar-refractivity contribution in [3.63, 3.8) is 0 Å². The maximum Gasteiger partial charge on any atom is 0.0708 e. The molecule has 3 saturated carbocycles. The van der Waals surface area contributed by atoms with Gasteiger partial charge in [-0.05, 0) is 0 Å². The summed E-state index contributed by atoms with van der Waals surface area (Å²) in [5, 5.41) is -14.7. The Bertz CT molecular complexity index is 428. The van der Waals surface area contributed by atoms with Crippen molar-refractivity contribution in [1.82, 2.24) is 0 Å². The fourth-order valence-electron chi connectivity index (χ4n) is 4.16. The van der Waals surface area contributed by atoms with E-state index < -0.39 is 42.5 Å². The lowest BCUT2D eigenvalue weighted by atomic mass is 8.84. The zero-order valence-corrected chi connectivity index (χ0v) is 11.6. The lowest BCUT2D eigenvalue weighted by Crippen LogP contribution is -2.80. The third-order valence-electron chi connectivity index (χ3n) is 5.81. The molecule has 3 fully saturated rings. The third-order valence-corrected chi connectivity index (χ3v) is 5.81. The van der Waals surface area contributed by atoms with E-state index in [1.165, 1.54) is 0 Å². The fraction of sp³-hybridized carbons (Fsp3) is 1.00. The molecule has 13 heteroatoms. The van der Waals surface area contributed by atoms with Gasteiger partial charge in [-0.15, -0.1) is 26.6 Å². The molecule has 21 heavy (non-hydrogen) atoms. The Labute approximate surface area is 144 Å². The van der Waals surface area contributed by atoms with Gasteiger partial charge in [-0.2, -0.15) is 0 Å². The molecule has 3 aliphatic carbocycles. The molecule has 0 amide bonds. The summed E-state index contributed by atoms with van der Waals surface area (Å²) in [6, 6.07) is 0. The van der Waals surface area contributed by atoms with Crippen LogP contribution in [0.4, 0.5) is 0 Å². The summed E-state index contributed by atoms with van der Waals surface area (Å²) in [5.74, 6) is 0. The largest absolute Gasteiger partial charge is 0.113 e. The van der Waals surface area contributed by atoms with Gasteiger partial charge in [0.1, 0.15) is 0 Å². The first kappa shape index (κ1) is 18.2. The zero-order valence-electron chi connectivity index (χ0n) is 11.6. The second kappa shape index (κ2) is 3.91. The highest BCUT2D eigenvalue weighted by Gasteiger charge is 2.85. The van der Waals surface area contributed by atoms with Gasteiger partial charge >= 0.3 is 0 Å². The summed E-state index contributed by atoms with van der Waals surface area (Å²) < 4.78 is 0. The van der Waals surface area contributed by atoms with Crippen molar-refractivity contribution in [2.45, 2.75) is 42.5 Å². The minimum Gasteiger partial charge on any atom is -0.113 e. The van der Waals surface area contributed by atoms with Crippen LogP contribution in [-0.4, -0.2) is 102 Å². The highest BCUT2D eigenvalue weighted by atomic mass is 14.8. The van der Waals surface area contributed by atoms with Crippen LogP contribution in [0.2, 0.25) is 42.5 Å². The normalized spacial score (nSPS) is 48.2. The maximum atomic E-state index is 6.16. The van der Waals surface area contributed by atoms with Crippen LogP contribution >= 0.6 is 0 Å². The van der Waals surface area contributed by atoms with Crippen molar-refractivity contribution in [3.05, 3.63) is 0 Å². The SMILES string of the molecule is [B]C([B])C1([B])C([B])([B])C2([B])C([B])([B])C([B])(C1([B])[B])C2([B])[B]. The van der Waals surface area contributed by atoms with Gasteiger partial charge in [-0.25, -0.2) is 0 Å². The average Bonchev–Trinajstić information content (AvgIpc) is 2.31. The molecule has 0 aromatic carbocycles. The van der Waals surface area contributed by atoms with Crippen LogP contribution in [0.1, 0.15) is 0 Å². The number of fused-ring (bicyclic) bond motifs is 2. The molecule has 0 atom stereocenters. The highest BCUT2D eigenvalue weighted by Crippen LogP contribution is 3.06. The Morgan fingerprint density at radius 2 is 0.667 bits per heavy atom. The van der Waals surface area contributed by atoms with Crippen LogP contribution in [-0.2, 0) is 0 Å². The maximum absolute atomic E-state index is 6.16. The Kier molecular flexibility index (Phi) is 3.38. The third kappa shape index (κ3) is 1.19. The Morgan fingerprint density at radius 1 is 0.429 bits per heavy atom. The van der Waals surface area contributed by atoms with Crippen LogP contribution < -0.4 is 0 Å². The first-order valence-corrected chi connectivity index (χ1v) is 6.13. The molecule has 0 heterocycles. The smallest absolute Gasteiger partial charge is 0.0708 e. The average molecular weight is 238 g/mol. The Hall–Kier alpha value is 0.844. The van der Waals surface area contributed by atoms with Gasteiger partial charge in [0, 0.05) is 0 Å². The number of hydrogen-bond acceptors (Lipinski definition) is 0. The summed E-state index contributed by atoms with van der Waals surface area (Å²) in [6.45, 7) is 0. The second-order valence-corrected chi connectivity index (χ2v) is 6.49.